The summed E-state index contributed by atoms with van der Waals surface area (Å²) in [6.07, 6.45) is 30.4. The molecular weight excluding hydrogens is 511 g/mol. The van der Waals surface area contributed by atoms with Crippen LogP contribution in [-0.4, -0.2) is 68.4 Å². The van der Waals surface area contributed by atoms with Gasteiger partial charge in [-0.3, -0.25) is 4.79 Å². The fourth-order valence-electron chi connectivity index (χ4n) is 3.03. The molecule has 38 heavy (non-hydrogen) atoms. The van der Waals surface area contributed by atoms with E-state index < -0.39 is 51.5 Å². The summed E-state index contributed by atoms with van der Waals surface area (Å²) in [4.78, 5) is 51.0. The zero-order chi connectivity index (χ0) is 28.5. The van der Waals surface area contributed by atoms with E-state index in [-0.39, 0.29) is 0 Å². The fourth-order valence-corrected chi connectivity index (χ4v) is 3.79. The molecule has 10 heteroatoms. The van der Waals surface area contributed by atoms with Gasteiger partial charge in [-0.25, -0.2) is 4.79 Å². The number of ketones is 1. The van der Waals surface area contributed by atoms with Crippen LogP contribution in [0.2, 0.25) is 0 Å². The molecule has 0 aliphatic carbocycles. The number of unbranched alkanes of at least 4 members (excludes halogenated alkanes) is 7. The number of Topliss-reactive ketones (excluding diaryl/α,β-unsaturated/α-hetero) is 1. The second-order valence-corrected chi connectivity index (χ2v) is 10.1. The van der Waals surface area contributed by atoms with Crippen molar-refractivity contribution in [2.24, 2.45) is 0 Å². The van der Waals surface area contributed by atoms with Gasteiger partial charge in [0.05, 0.1) is 13.2 Å². The second-order valence-electron chi connectivity index (χ2n) is 8.40. The van der Waals surface area contributed by atoms with E-state index in [1.54, 1.807) is 18.2 Å². The highest BCUT2D eigenvalue weighted by atomic mass is 31.2. The molecule has 0 radical (unpaired) electrons. The van der Waals surface area contributed by atoms with Gasteiger partial charge in [-0.15, -0.1) is 0 Å². The Morgan fingerprint density at radius 1 is 0.763 bits per heavy atom. The number of aliphatic hydroxyl groups is 2. The van der Waals surface area contributed by atoms with E-state index in [9.17, 15) is 29.4 Å². The van der Waals surface area contributed by atoms with E-state index in [1.807, 2.05) is 30.4 Å². The highest BCUT2D eigenvalue weighted by molar-refractivity contribution is 7.60. The molecule has 0 aromatic rings. The van der Waals surface area contributed by atoms with Crippen molar-refractivity contribution >= 4 is 19.7 Å². The molecule has 0 aromatic carbocycles. The number of esters is 1. The van der Waals surface area contributed by atoms with Gasteiger partial charge < -0.3 is 19.7 Å². The maximum absolute atomic E-state index is 11.8. The largest absolute Gasteiger partial charge is 0.454 e. The van der Waals surface area contributed by atoms with E-state index in [0.29, 0.717) is 0 Å². The normalized spacial score (nSPS) is 14.7. The molecular formula is C28H44O9P+. The Hall–Kier alpha value is -2.23. The lowest BCUT2D eigenvalue weighted by atomic mass is 10.1. The van der Waals surface area contributed by atoms with Crippen molar-refractivity contribution in [3.63, 3.8) is 0 Å². The third-order valence-electron chi connectivity index (χ3n) is 5.02. The number of ether oxygens (including phenoxy) is 2. The summed E-state index contributed by atoms with van der Waals surface area (Å²) in [7, 11) is -4.74. The van der Waals surface area contributed by atoms with Crippen LogP contribution in [0.5, 0.6) is 0 Å². The Labute approximate surface area is 226 Å². The van der Waals surface area contributed by atoms with Crippen molar-refractivity contribution in [1.29, 1.82) is 0 Å². The van der Waals surface area contributed by atoms with Gasteiger partial charge in [0, 0.05) is 6.08 Å². The van der Waals surface area contributed by atoms with E-state index in [2.05, 4.69) is 19.1 Å². The minimum Gasteiger partial charge on any atom is -0.454 e. The number of aliphatic hydroxyl groups excluding tert-OH is 2. The summed E-state index contributed by atoms with van der Waals surface area (Å²) in [5.41, 5.74) is 0. The minimum atomic E-state index is -4.74. The Balaban J connectivity index is 4.20. The van der Waals surface area contributed by atoms with Crippen molar-refractivity contribution < 1.29 is 44.0 Å². The van der Waals surface area contributed by atoms with Gasteiger partial charge in [0.15, 0.2) is 0 Å². The Bertz CT molecular complexity index is 808. The van der Waals surface area contributed by atoms with Gasteiger partial charge in [-0.1, -0.05) is 112 Å². The van der Waals surface area contributed by atoms with E-state index in [1.165, 1.54) is 51.0 Å². The number of rotatable bonds is 22. The third-order valence-corrected chi connectivity index (χ3v) is 6.08. The van der Waals surface area contributed by atoms with Crippen LogP contribution in [0.1, 0.15) is 58.3 Å². The molecule has 0 aliphatic heterocycles. The van der Waals surface area contributed by atoms with Crippen molar-refractivity contribution in [2.45, 2.75) is 70.2 Å². The molecule has 1 unspecified atom stereocenters. The van der Waals surface area contributed by atoms with Crippen molar-refractivity contribution in [1.82, 2.24) is 0 Å². The molecule has 0 aliphatic rings. The van der Waals surface area contributed by atoms with Gasteiger partial charge >= 0.3 is 19.8 Å². The predicted octanol–water partition coefficient (Wildman–Crippen LogP) is 4.01. The summed E-state index contributed by atoms with van der Waals surface area (Å²) in [6.45, 7) is -0.147. The Morgan fingerprint density at radius 2 is 1.29 bits per heavy atom. The highest BCUT2D eigenvalue weighted by Crippen LogP contribution is 2.51. The van der Waals surface area contributed by atoms with Crippen LogP contribution in [0.3, 0.4) is 0 Å². The quantitative estimate of drug-likeness (QED) is 0.0438. The summed E-state index contributed by atoms with van der Waals surface area (Å²) >= 11 is 0. The zero-order valence-electron chi connectivity index (χ0n) is 22.2. The summed E-state index contributed by atoms with van der Waals surface area (Å²) in [5, 5.41) is 18.1. The first kappa shape index (κ1) is 35.8. The van der Waals surface area contributed by atoms with E-state index >= 15 is 0 Å². The smallest absolute Gasteiger partial charge is 0.443 e. The number of carbonyl (C=O) groups is 2. The lowest BCUT2D eigenvalue weighted by Crippen LogP contribution is -2.35. The van der Waals surface area contributed by atoms with Crippen LogP contribution < -0.4 is 0 Å². The first-order chi connectivity index (χ1) is 18.3. The Kier molecular flexibility index (Phi) is 22.5. The molecule has 2 atom stereocenters. The van der Waals surface area contributed by atoms with Crippen molar-refractivity contribution in [3.8, 4) is 0 Å². The molecule has 9 nitrogen and oxygen atoms in total. The third kappa shape index (κ3) is 20.8. The minimum absolute atomic E-state index is 0.607. The van der Waals surface area contributed by atoms with Gasteiger partial charge in [0.1, 0.15) is 12.7 Å². The van der Waals surface area contributed by atoms with E-state index in [4.69, 9.17) is 14.6 Å². The predicted molar refractivity (Wildman–Crippen MR) is 150 cm³/mol. The molecule has 0 fully saturated rings. The summed E-state index contributed by atoms with van der Waals surface area (Å²) in [5.74, 6) is -4.07. The fraction of sp³-hybridized carbons (Fsp3) is 0.500. The van der Waals surface area contributed by atoms with Crippen LogP contribution in [-0.2, 0) is 19.1 Å². The number of hydrogen-bond acceptors (Lipinski definition) is 9. The lowest BCUT2D eigenvalue weighted by molar-refractivity contribution is -0.150. The first-order valence-corrected chi connectivity index (χ1v) is 14.6. The topological polar surface area (TPSA) is 154 Å². The monoisotopic (exact) mass is 555 g/mol. The van der Waals surface area contributed by atoms with E-state index in [0.717, 1.165) is 12.5 Å². The molecule has 5 N–H and O–H groups in total. The van der Waals surface area contributed by atoms with Crippen LogP contribution in [0.25, 0.3) is 0 Å². The van der Waals surface area contributed by atoms with Crippen molar-refractivity contribution in [2.75, 3.05) is 19.8 Å². The average molecular weight is 556 g/mol. The Morgan fingerprint density at radius 3 is 1.82 bits per heavy atom. The molecule has 0 saturated heterocycles. The number of hydrogen-bond donors (Lipinski definition) is 5. The second kappa shape index (κ2) is 23.9. The molecule has 0 aromatic heterocycles. The van der Waals surface area contributed by atoms with Crippen molar-refractivity contribution in [3.05, 3.63) is 72.9 Å². The van der Waals surface area contributed by atoms with Crippen LogP contribution in [0.4, 0.5) is 0 Å². The highest BCUT2D eigenvalue weighted by Gasteiger charge is 2.49. The zero-order valence-corrected chi connectivity index (χ0v) is 23.1. The molecule has 0 heterocycles. The van der Waals surface area contributed by atoms with Gasteiger partial charge in [-0.2, -0.15) is 14.7 Å². The molecule has 0 bridgehead atoms. The number of carbonyl (C=O) groups excluding carboxylic acids is 2. The summed E-state index contributed by atoms with van der Waals surface area (Å²) < 4.78 is 9.78. The number of allylic oxidation sites excluding steroid dienone is 11. The van der Waals surface area contributed by atoms with Crippen LogP contribution in [0, 0.1) is 0 Å². The summed E-state index contributed by atoms with van der Waals surface area (Å²) in [6, 6.07) is 0. The van der Waals surface area contributed by atoms with Crippen LogP contribution in [0.15, 0.2) is 72.9 Å². The van der Waals surface area contributed by atoms with Crippen LogP contribution >= 0.6 is 7.94 Å². The molecule has 0 spiro atoms. The first-order valence-electron chi connectivity index (χ1n) is 12.9. The van der Waals surface area contributed by atoms with Gasteiger partial charge in [0.2, 0.25) is 5.78 Å². The molecule has 0 amide bonds. The van der Waals surface area contributed by atoms with Gasteiger partial charge in [0.25, 0.3) is 0 Å². The SMILES string of the molecule is CCCCCCCCCC=CC=CC=CC=CC=CC=CC(=O)O[C@@H](CO)COC(C(=O)CO)[P+](O)(O)O. The molecule has 0 saturated carbocycles. The van der Waals surface area contributed by atoms with Gasteiger partial charge in [-0.05, 0) is 12.8 Å². The maximum atomic E-state index is 11.8. The lowest BCUT2D eigenvalue weighted by Gasteiger charge is -2.19. The average Bonchev–Trinajstić information content (AvgIpc) is 2.88. The standard InChI is InChI=1S/C28H44O9P/c1-2-3-4-5-6-7-8-9-10-11-12-13-14-15-16-17-18-19-20-21-27(32)37-25(22-29)24-36-28(26(31)23-30)38(33,34)35/h10-21,25,28-30,33-35H,2-9,22-24H2,1H3/q+1/t25-,28?/m0/s1. The molecule has 214 valence electrons. The maximum Gasteiger partial charge on any atom is 0.443 e. The molecule has 0 rings (SSSR count).